The van der Waals surface area contributed by atoms with Crippen molar-refractivity contribution in [3.63, 3.8) is 0 Å². The van der Waals surface area contributed by atoms with E-state index in [1.165, 1.54) is 6.33 Å². The van der Waals surface area contributed by atoms with E-state index in [1.54, 1.807) is 6.33 Å². The zero-order valence-electron chi connectivity index (χ0n) is 12.7. The largest absolute Gasteiger partial charge is 0.476 e. The number of rotatable bonds is 6. The molecule has 0 saturated carbocycles. The number of ether oxygens (including phenoxy) is 1. The van der Waals surface area contributed by atoms with Crippen LogP contribution in [0.2, 0.25) is 0 Å². The maximum Gasteiger partial charge on any atom is 0.184 e. The number of aromatic amines is 1. The van der Waals surface area contributed by atoms with Crippen LogP contribution in [0.25, 0.3) is 11.2 Å². The second-order valence-corrected chi connectivity index (χ2v) is 4.97. The second-order valence-electron chi connectivity index (χ2n) is 4.97. The lowest BCUT2D eigenvalue weighted by Crippen LogP contribution is -2.12. The van der Waals surface area contributed by atoms with E-state index in [-0.39, 0.29) is 0 Å². The highest BCUT2D eigenvalue weighted by Gasteiger charge is 2.08. The summed E-state index contributed by atoms with van der Waals surface area (Å²) in [6, 6.07) is 9.78. The molecule has 0 radical (unpaired) electrons. The van der Waals surface area contributed by atoms with Gasteiger partial charge < -0.3 is 15.0 Å². The van der Waals surface area contributed by atoms with Crippen molar-refractivity contribution in [3.05, 3.63) is 42.5 Å². The standard InChI is InChI=1S/C16H16N6O/c1-2-12(7-17)23-13-5-3-4-11(6-13)8-18-15-14-16(20-9-19-14)22-10-21-15/h3-6,9-10,12H,2,8H2,1H3,(H2,18,19,20,21,22). The molecule has 1 unspecified atom stereocenters. The molecule has 0 spiro atoms. The number of aromatic nitrogens is 4. The van der Waals surface area contributed by atoms with Crippen LogP contribution < -0.4 is 10.1 Å². The van der Waals surface area contributed by atoms with E-state index in [1.807, 2.05) is 31.2 Å². The average molecular weight is 308 g/mol. The van der Waals surface area contributed by atoms with E-state index in [9.17, 15) is 0 Å². The molecule has 0 aliphatic rings. The Labute approximate surface area is 133 Å². The van der Waals surface area contributed by atoms with Crippen LogP contribution in [0.1, 0.15) is 18.9 Å². The van der Waals surface area contributed by atoms with Crippen LogP contribution in [0.5, 0.6) is 5.75 Å². The molecule has 3 rings (SSSR count). The maximum atomic E-state index is 8.98. The van der Waals surface area contributed by atoms with E-state index >= 15 is 0 Å². The molecule has 0 aliphatic heterocycles. The highest BCUT2D eigenvalue weighted by atomic mass is 16.5. The normalized spacial score (nSPS) is 11.8. The molecule has 7 heteroatoms. The number of hydrogen-bond donors (Lipinski definition) is 2. The Bertz CT molecular complexity index is 838. The third-order valence-corrected chi connectivity index (χ3v) is 3.37. The van der Waals surface area contributed by atoms with Crippen LogP contribution >= 0.6 is 0 Å². The summed E-state index contributed by atoms with van der Waals surface area (Å²) in [6.45, 7) is 2.50. The summed E-state index contributed by atoms with van der Waals surface area (Å²) >= 11 is 0. The molecule has 0 amide bonds. The Morgan fingerprint density at radius 1 is 1.35 bits per heavy atom. The minimum absolute atomic E-state index is 0.426. The zero-order chi connectivity index (χ0) is 16.1. The molecule has 2 aromatic heterocycles. The van der Waals surface area contributed by atoms with E-state index < -0.39 is 6.10 Å². The third-order valence-electron chi connectivity index (χ3n) is 3.37. The van der Waals surface area contributed by atoms with Crippen molar-refractivity contribution in [2.24, 2.45) is 0 Å². The van der Waals surface area contributed by atoms with Gasteiger partial charge in [0.2, 0.25) is 0 Å². The highest BCUT2D eigenvalue weighted by molar-refractivity contribution is 5.81. The molecule has 0 aliphatic carbocycles. The van der Waals surface area contributed by atoms with E-state index in [4.69, 9.17) is 10.00 Å². The fraction of sp³-hybridized carbons (Fsp3) is 0.250. The van der Waals surface area contributed by atoms with E-state index in [0.717, 1.165) is 11.1 Å². The zero-order valence-corrected chi connectivity index (χ0v) is 12.7. The Hall–Kier alpha value is -3.14. The quantitative estimate of drug-likeness (QED) is 0.726. The SMILES string of the molecule is CCC(C#N)Oc1cccc(CNc2ncnc3nc[nH]c23)c1. The highest BCUT2D eigenvalue weighted by Crippen LogP contribution is 2.19. The van der Waals surface area contributed by atoms with Gasteiger partial charge >= 0.3 is 0 Å². The first-order chi connectivity index (χ1) is 11.3. The molecule has 0 bridgehead atoms. The van der Waals surface area contributed by atoms with Crippen LogP contribution in [-0.4, -0.2) is 26.0 Å². The van der Waals surface area contributed by atoms with Gasteiger partial charge in [0.15, 0.2) is 17.6 Å². The molecule has 116 valence electrons. The number of anilines is 1. The van der Waals surface area contributed by atoms with Crippen molar-refractivity contribution in [3.8, 4) is 11.8 Å². The Balaban J connectivity index is 1.71. The number of imidazole rings is 1. The first-order valence-corrected chi connectivity index (χ1v) is 7.33. The maximum absolute atomic E-state index is 8.98. The van der Waals surface area contributed by atoms with Crippen molar-refractivity contribution in [1.29, 1.82) is 5.26 Å². The minimum Gasteiger partial charge on any atom is -0.476 e. The molecule has 2 N–H and O–H groups in total. The molecule has 1 aromatic carbocycles. The number of nitrogens with zero attached hydrogens (tertiary/aromatic N) is 4. The van der Waals surface area contributed by atoms with Gasteiger partial charge in [-0.2, -0.15) is 5.26 Å². The molecule has 0 saturated heterocycles. The first-order valence-electron chi connectivity index (χ1n) is 7.33. The molecule has 1 atom stereocenters. The topological polar surface area (TPSA) is 99.5 Å². The van der Waals surface area contributed by atoms with Crippen molar-refractivity contribution in [1.82, 2.24) is 19.9 Å². The number of fused-ring (bicyclic) bond motifs is 1. The first kappa shape index (κ1) is 14.8. The van der Waals surface area contributed by atoms with Gasteiger partial charge in [-0.15, -0.1) is 0 Å². The van der Waals surface area contributed by atoms with E-state index in [0.29, 0.717) is 30.2 Å². The van der Waals surface area contributed by atoms with Crippen LogP contribution in [-0.2, 0) is 6.54 Å². The van der Waals surface area contributed by atoms with Gasteiger partial charge in [-0.3, -0.25) is 0 Å². The molecular formula is C16H16N6O. The Morgan fingerprint density at radius 3 is 3.09 bits per heavy atom. The summed E-state index contributed by atoms with van der Waals surface area (Å²) < 4.78 is 5.63. The van der Waals surface area contributed by atoms with Crippen LogP contribution in [0.3, 0.4) is 0 Å². The van der Waals surface area contributed by atoms with Gasteiger partial charge in [-0.25, -0.2) is 15.0 Å². The summed E-state index contributed by atoms with van der Waals surface area (Å²) in [5.41, 5.74) is 2.43. The average Bonchev–Trinajstić information content (AvgIpc) is 3.07. The monoisotopic (exact) mass is 308 g/mol. The van der Waals surface area contributed by atoms with Crippen molar-refractivity contribution < 1.29 is 4.74 Å². The lowest BCUT2D eigenvalue weighted by atomic mass is 10.2. The second kappa shape index (κ2) is 6.75. The Kier molecular flexibility index (Phi) is 4.34. The summed E-state index contributed by atoms with van der Waals surface area (Å²) in [7, 11) is 0. The number of benzene rings is 1. The fourth-order valence-corrected chi connectivity index (χ4v) is 2.18. The molecular weight excluding hydrogens is 292 g/mol. The summed E-state index contributed by atoms with van der Waals surface area (Å²) in [5, 5.41) is 12.2. The number of nitriles is 1. The van der Waals surface area contributed by atoms with Gasteiger partial charge in [0.1, 0.15) is 23.7 Å². The minimum atomic E-state index is -0.426. The fourth-order valence-electron chi connectivity index (χ4n) is 2.18. The predicted molar refractivity (Wildman–Crippen MR) is 85.8 cm³/mol. The van der Waals surface area contributed by atoms with Crippen LogP contribution in [0, 0.1) is 11.3 Å². The molecule has 2 heterocycles. The molecule has 0 fully saturated rings. The number of hydrogen-bond acceptors (Lipinski definition) is 6. The molecule has 3 aromatic rings. The van der Waals surface area contributed by atoms with Gasteiger partial charge in [-0.05, 0) is 24.1 Å². The van der Waals surface area contributed by atoms with Crippen LogP contribution in [0.15, 0.2) is 36.9 Å². The third kappa shape index (κ3) is 3.37. The van der Waals surface area contributed by atoms with Gasteiger partial charge in [0, 0.05) is 6.54 Å². The summed E-state index contributed by atoms with van der Waals surface area (Å²) in [5.74, 6) is 1.38. The predicted octanol–water partition coefficient (Wildman–Crippen LogP) is 2.65. The number of H-pyrrole nitrogens is 1. The van der Waals surface area contributed by atoms with Crippen molar-refractivity contribution in [2.75, 3.05) is 5.32 Å². The lowest BCUT2D eigenvalue weighted by molar-refractivity contribution is 0.251. The van der Waals surface area contributed by atoms with Crippen molar-refractivity contribution in [2.45, 2.75) is 26.0 Å². The van der Waals surface area contributed by atoms with E-state index in [2.05, 4.69) is 31.3 Å². The number of nitrogens with one attached hydrogen (secondary N) is 2. The van der Waals surface area contributed by atoms with Crippen molar-refractivity contribution >= 4 is 17.0 Å². The smallest absolute Gasteiger partial charge is 0.184 e. The van der Waals surface area contributed by atoms with Crippen LogP contribution in [0.4, 0.5) is 5.82 Å². The van der Waals surface area contributed by atoms with Gasteiger partial charge in [0.25, 0.3) is 0 Å². The summed E-state index contributed by atoms with van der Waals surface area (Å²) in [6.07, 6.45) is 3.29. The molecule has 23 heavy (non-hydrogen) atoms. The Morgan fingerprint density at radius 2 is 2.26 bits per heavy atom. The molecule has 7 nitrogen and oxygen atoms in total. The lowest BCUT2D eigenvalue weighted by Gasteiger charge is -2.12. The van der Waals surface area contributed by atoms with Gasteiger partial charge in [0.05, 0.1) is 6.33 Å². The van der Waals surface area contributed by atoms with Gasteiger partial charge in [-0.1, -0.05) is 19.1 Å². The summed E-state index contributed by atoms with van der Waals surface area (Å²) in [4.78, 5) is 15.4.